The van der Waals surface area contributed by atoms with Crippen molar-refractivity contribution in [3.8, 4) is 0 Å². The molecule has 1 aromatic carbocycles. The van der Waals surface area contributed by atoms with Crippen LogP contribution < -0.4 is 0 Å². The van der Waals surface area contributed by atoms with Crippen molar-refractivity contribution >= 4 is 60.6 Å². The molecule has 0 unspecified atom stereocenters. The Labute approximate surface area is 123 Å². The summed E-state index contributed by atoms with van der Waals surface area (Å²) < 4.78 is 14.4. The molecule has 0 radical (unpaired) electrons. The first-order valence-electron chi connectivity index (χ1n) is 4.43. The minimum atomic E-state index is -0.460. The average Bonchev–Trinajstić information content (AvgIpc) is 2.59. The molecule has 0 saturated heterocycles. The number of carbonyl (C=O) groups is 1. The maximum Gasteiger partial charge on any atom is 0.205 e. The molecule has 0 atom stereocenters. The molecule has 2 aromatic rings. The van der Waals surface area contributed by atoms with Crippen LogP contribution in [0.3, 0.4) is 0 Å². The van der Waals surface area contributed by atoms with Gasteiger partial charge >= 0.3 is 0 Å². The maximum absolute atomic E-state index is 12.9. The summed E-state index contributed by atoms with van der Waals surface area (Å²) in [6.45, 7) is 0. The molecule has 2 rings (SSSR count). The van der Waals surface area contributed by atoms with Gasteiger partial charge in [-0.2, -0.15) is 0 Å². The molecule has 6 heteroatoms. The number of benzene rings is 1. The van der Waals surface area contributed by atoms with E-state index in [1.807, 2.05) is 0 Å². The molecule has 0 fully saturated rings. The van der Waals surface area contributed by atoms with Gasteiger partial charge < -0.3 is 0 Å². The van der Waals surface area contributed by atoms with Crippen molar-refractivity contribution in [1.82, 2.24) is 0 Å². The maximum atomic E-state index is 12.9. The summed E-state index contributed by atoms with van der Waals surface area (Å²) >= 11 is 13.8. The molecule has 0 bridgehead atoms. The van der Waals surface area contributed by atoms with E-state index >= 15 is 0 Å². The second-order valence-electron chi connectivity index (χ2n) is 3.18. The number of carbonyl (C=O) groups excluding carboxylic acids is 1. The highest BCUT2D eigenvalue weighted by Gasteiger charge is 2.19. The Morgan fingerprint density at radius 2 is 2.06 bits per heavy atom. The van der Waals surface area contributed by atoms with Crippen LogP contribution in [0.5, 0.6) is 0 Å². The predicted octanol–water partition coefficient (Wildman–Crippen LogP) is 5.30. The molecule has 0 spiro atoms. The lowest BCUT2D eigenvalue weighted by Gasteiger charge is -2.02. The van der Waals surface area contributed by atoms with Gasteiger partial charge in [-0.25, -0.2) is 4.39 Å². The number of hydrogen-bond acceptors (Lipinski definition) is 2. The van der Waals surface area contributed by atoms with Crippen LogP contribution in [-0.4, -0.2) is 5.78 Å². The minimum Gasteiger partial charge on any atom is -0.288 e. The average molecular weight is 398 g/mol. The number of rotatable bonds is 2. The van der Waals surface area contributed by atoms with Crippen molar-refractivity contribution in [1.29, 1.82) is 0 Å². The summed E-state index contributed by atoms with van der Waals surface area (Å²) in [6.07, 6.45) is 0. The number of ketones is 1. The largest absolute Gasteiger partial charge is 0.288 e. The molecular formula is C11H4Br2ClFOS. The topological polar surface area (TPSA) is 17.1 Å². The van der Waals surface area contributed by atoms with Crippen LogP contribution in [0.1, 0.15) is 15.2 Å². The lowest BCUT2D eigenvalue weighted by molar-refractivity contribution is 0.104. The number of thiophene rings is 1. The van der Waals surface area contributed by atoms with Crippen LogP contribution in [0, 0.1) is 5.82 Å². The lowest BCUT2D eigenvalue weighted by Crippen LogP contribution is -2.00. The van der Waals surface area contributed by atoms with Crippen molar-refractivity contribution in [2.45, 2.75) is 0 Å². The predicted molar refractivity (Wildman–Crippen MR) is 74.6 cm³/mol. The monoisotopic (exact) mass is 396 g/mol. The summed E-state index contributed by atoms with van der Waals surface area (Å²) in [6, 6.07) is 3.74. The third-order valence-corrected chi connectivity index (χ3v) is 5.91. The molecule has 17 heavy (non-hydrogen) atoms. The molecule has 0 amide bonds. The van der Waals surface area contributed by atoms with Crippen molar-refractivity contribution in [3.63, 3.8) is 0 Å². The summed E-state index contributed by atoms with van der Waals surface area (Å²) in [4.78, 5) is 12.7. The molecule has 0 N–H and O–H groups in total. The Morgan fingerprint density at radius 3 is 2.59 bits per heavy atom. The van der Waals surface area contributed by atoms with Gasteiger partial charge in [0, 0.05) is 15.4 Å². The summed E-state index contributed by atoms with van der Waals surface area (Å²) in [5, 5.41) is 1.92. The summed E-state index contributed by atoms with van der Waals surface area (Å²) in [5.41, 5.74) is 0.295. The van der Waals surface area contributed by atoms with Crippen molar-refractivity contribution in [3.05, 3.63) is 53.8 Å². The Balaban J connectivity index is 2.47. The first kappa shape index (κ1) is 13.2. The Kier molecular flexibility index (Phi) is 4.02. The van der Waals surface area contributed by atoms with Crippen molar-refractivity contribution in [2.24, 2.45) is 0 Å². The number of halogens is 4. The third kappa shape index (κ3) is 2.62. The smallest absolute Gasteiger partial charge is 0.205 e. The Hall–Kier alpha value is -0.230. The van der Waals surface area contributed by atoms with Crippen LogP contribution >= 0.6 is 54.8 Å². The zero-order valence-corrected chi connectivity index (χ0v) is 12.9. The second-order valence-corrected chi connectivity index (χ2v) is 6.11. The highest BCUT2D eigenvalue weighted by Crippen LogP contribution is 2.35. The van der Waals surface area contributed by atoms with E-state index in [0.29, 0.717) is 14.9 Å². The first-order valence-corrected chi connectivity index (χ1v) is 7.27. The van der Waals surface area contributed by atoms with Gasteiger partial charge in [0.15, 0.2) is 0 Å². The van der Waals surface area contributed by atoms with E-state index in [1.165, 1.54) is 23.5 Å². The van der Waals surface area contributed by atoms with E-state index in [-0.39, 0.29) is 10.8 Å². The van der Waals surface area contributed by atoms with E-state index in [4.69, 9.17) is 11.6 Å². The van der Waals surface area contributed by atoms with Gasteiger partial charge in [-0.05, 0) is 50.1 Å². The molecular weight excluding hydrogens is 394 g/mol. The van der Waals surface area contributed by atoms with Crippen LogP contribution in [0.4, 0.5) is 4.39 Å². The Morgan fingerprint density at radius 1 is 1.35 bits per heavy atom. The molecule has 1 nitrogen and oxygen atoms in total. The fourth-order valence-electron chi connectivity index (χ4n) is 1.27. The second kappa shape index (κ2) is 5.18. The lowest BCUT2D eigenvalue weighted by atomic mass is 10.1. The van der Waals surface area contributed by atoms with Crippen LogP contribution in [0.25, 0.3) is 0 Å². The van der Waals surface area contributed by atoms with E-state index in [9.17, 15) is 9.18 Å². The van der Waals surface area contributed by atoms with Crippen molar-refractivity contribution < 1.29 is 9.18 Å². The van der Waals surface area contributed by atoms with Crippen molar-refractivity contribution in [2.75, 3.05) is 0 Å². The summed E-state index contributed by atoms with van der Waals surface area (Å²) in [7, 11) is 0. The zero-order valence-electron chi connectivity index (χ0n) is 8.14. The van der Waals surface area contributed by atoms with Crippen LogP contribution in [0.15, 0.2) is 32.5 Å². The van der Waals surface area contributed by atoms with Gasteiger partial charge in [-0.1, -0.05) is 11.6 Å². The van der Waals surface area contributed by atoms with Gasteiger partial charge in [-0.15, -0.1) is 11.3 Å². The molecule has 0 saturated carbocycles. The zero-order chi connectivity index (χ0) is 12.6. The molecule has 1 aromatic heterocycles. The van der Waals surface area contributed by atoms with E-state index in [1.54, 1.807) is 5.38 Å². The first-order chi connectivity index (χ1) is 8.00. The van der Waals surface area contributed by atoms with Gasteiger partial charge in [0.1, 0.15) is 5.82 Å². The van der Waals surface area contributed by atoms with E-state index in [0.717, 1.165) is 10.5 Å². The fraction of sp³-hybridized carbons (Fsp3) is 0. The molecule has 88 valence electrons. The van der Waals surface area contributed by atoms with Crippen LogP contribution in [0.2, 0.25) is 5.02 Å². The van der Waals surface area contributed by atoms with Gasteiger partial charge in [-0.3, -0.25) is 4.79 Å². The standard InChI is InChI=1S/C11H4Br2ClFOS/c12-7-4-17-11(9(7)13)10(16)6-2-1-5(15)3-8(6)14/h1-4H. The molecule has 1 heterocycles. The molecule has 0 aliphatic carbocycles. The quantitative estimate of drug-likeness (QED) is 0.628. The van der Waals surface area contributed by atoms with E-state index in [2.05, 4.69) is 31.9 Å². The highest BCUT2D eigenvalue weighted by atomic mass is 79.9. The van der Waals surface area contributed by atoms with Gasteiger partial charge in [0.05, 0.1) is 14.4 Å². The molecule has 0 aliphatic rings. The van der Waals surface area contributed by atoms with Gasteiger partial charge in [0.2, 0.25) is 5.78 Å². The minimum absolute atomic E-state index is 0.117. The fourth-order valence-corrected chi connectivity index (χ4v) is 3.63. The molecule has 0 aliphatic heterocycles. The van der Waals surface area contributed by atoms with Gasteiger partial charge in [0.25, 0.3) is 0 Å². The SMILES string of the molecule is O=C(c1ccc(F)cc1Cl)c1scc(Br)c1Br. The normalized spacial score (nSPS) is 10.6. The third-order valence-electron chi connectivity index (χ3n) is 2.07. The van der Waals surface area contributed by atoms with E-state index < -0.39 is 5.82 Å². The summed E-state index contributed by atoms with van der Waals surface area (Å²) in [5.74, 6) is -0.685. The Bertz CT molecular complexity index is 597. The highest BCUT2D eigenvalue weighted by molar-refractivity contribution is 9.13. The number of hydrogen-bond donors (Lipinski definition) is 0. The van der Waals surface area contributed by atoms with Crippen LogP contribution in [-0.2, 0) is 0 Å².